The molecule has 3 heteroatoms. The van der Waals surface area contributed by atoms with Gasteiger partial charge in [0.2, 0.25) is 0 Å². The van der Waals surface area contributed by atoms with Gasteiger partial charge in [-0.15, -0.1) is 0 Å². The summed E-state index contributed by atoms with van der Waals surface area (Å²) in [6, 6.07) is 42.7. The van der Waals surface area contributed by atoms with Crippen molar-refractivity contribution in [3.63, 3.8) is 0 Å². The number of nitrogens with zero attached hydrogens (tertiary/aromatic N) is 3. The lowest BCUT2D eigenvalue weighted by Gasteiger charge is -2.37. The van der Waals surface area contributed by atoms with Gasteiger partial charge in [0, 0.05) is 23.3 Å². The van der Waals surface area contributed by atoms with Crippen LogP contribution in [0.15, 0.2) is 134 Å². The number of aromatic nitrogens is 3. The maximum atomic E-state index is 5.39. The third kappa shape index (κ3) is 3.44. The van der Waals surface area contributed by atoms with E-state index in [-0.39, 0.29) is 0 Å². The van der Waals surface area contributed by atoms with Crippen LogP contribution in [-0.2, 0) is 5.54 Å². The number of rotatable bonds is 5. The van der Waals surface area contributed by atoms with Crippen molar-refractivity contribution < 1.29 is 0 Å². The second kappa shape index (κ2) is 8.69. The van der Waals surface area contributed by atoms with E-state index in [1.807, 2.05) is 24.5 Å². The van der Waals surface area contributed by atoms with E-state index in [1.54, 1.807) is 0 Å². The summed E-state index contributed by atoms with van der Waals surface area (Å²) in [7, 11) is 0. The molecule has 4 aromatic carbocycles. The molecule has 3 nitrogen and oxygen atoms in total. The molecule has 2 aromatic heterocycles. The quantitative estimate of drug-likeness (QED) is 0.259. The summed E-state index contributed by atoms with van der Waals surface area (Å²) >= 11 is 0. The van der Waals surface area contributed by atoms with Gasteiger partial charge >= 0.3 is 0 Å². The standard InChI is InChI=1S/C32H25N3/c1-24-17-18-30-29(23-24)31(25-19-21-33-22-20-25)34-35(30)32(26-11-5-2-6-12-26,27-13-7-3-8-14-27)28-15-9-4-10-16-28/h2-23H,1H3. The van der Waals surface area contributed by atoms with E-state index in [0.29, 0.717) is 0 Å². The predicted octanol–water partition coefficient (Wildman–Crippen LogP) is 7.25. The second-order valence-electron chi connectivity index (χ2n) is 8.83. The molecule has 0 spiro atoms. The Labute approximate surface area is 205 Å². The number of benzene rings is 4. The van der Waals surface area contributed by atoms with Crippen LogP contribution in [0.3, 0.4) is 0 Å². The number of hydrogen-bond acceptors (Lipinski definition) is 2. The largest absolute Gasteiger partial charge is 0.265 e. The maximum absolute atomic E-state index is 5.39. The van der Waals surface area contributed by atoms with Gasteiger partial charge in [-0.1, -0.05) is 103 Å². The molecule has 6 aromatic rings. The normalized spacial score (nSPS) is 11.6. The topological polar surface area (TPSA) is 30.7 Å². The van der Waals surface area contributed by atoms with Gasteiger partial charge in [0.1, 0.15) is 11.2 Å². The molecule has 0 amide bonds. The maximum Gasteiger partial charge on any atom is 0.138 e. The molecule has 0 fully saturated rings. The first kappa shape index (κ1) is 21.1. The summed E-state index contributed by atoms with van der Waals surface area (Å²) in [5, 5.41) is 6.52. The van der Waals surface area contributed by atoms with E-state index in [0.717, 1.165) is 38.9 Å². The Balaban J connectivity index is 1.80. The molecular weight excluding hydrogens is 426 g/mol. The summed E-state index contributed by atoms with van der Waals surface area (Å²) in [4.78, 5) is 4.23. The van der Waals surface area contributed by atoms with E-state index >= 15 is 0 Å². The van der Waals surface area contributed by atoms with Crippen LogP contribution >= 0.6 is 0 Å². The van der Waals surface area contributed by atoms with Crippen LogP contribution in [0.4, 0.5) is 0 Å². The molecule has 0 unspecified atom stereocenters. The molecular formula is C32H25N3. The zero-order valence-electron chi connectivity index (χ0n) is 19.5. The minimum atomic E-state index is -0.664. The third-order valence-corrected chi connectivity index (χ3v) is 6.68. The SMILES string of the molecule is Cc1ccc2c(c1)c(-c1ccncc1)nn2C(c1ccccc1)(c1ccccc1)c1ccccc1. The van der Waals surface area contributed by atoms with Crippen LogP contribution in [0.2, 0.25) is 0 Å². The first-order valence-corrected chi connectivity index (χ1v) is 11.9. The van der Waals surface area contributed by atoms with Crippen molar-refractivity contribution in [1.29, 1.82) is 0 Å². The van der Waals surface area contributed by atoms with Gasteiger partial charge in [-0.2, -0.15) is 5.10 Å². The zero-order chi connectivity index (χ0) is 23.7. The minimum Gasteiger partial charge on any atom is -0.265 e. The summed E-state index contributed by atoms with van der Waals surface area (Å²) in [5.74, 6) is 0. The van der Waals surface area contributed by atoms with E-state index in [2.05, 4.69) is 126 Å². The Morgan fingerprint density at radius 1 is 0.600 bits per heavy atom. The summed E-state index contributed by atoms with van der Waals surface area (Å²) in [5.41, 5.74) is 7.10. The summed E-state index contributed by atoms with van der Waals surface area (Å²) < 4.78 is 2.22. The second-order valence-corrected chi connectivity index (χ2v) is 8.83. The lowest BCUT2D eigenvalue weighted by atomic mass is 9.77. The van der Waals surface area contributed by atoms with Gasteiger partial charge in [0.15, 0.2) is 0 Å². The van der Waals surface area contributed by atoms with Crippen LogP contribution in [-0.4, -0.2) is 14.8 Å². The average molecular weight is 452 g/mol. The van der Waals surface area contributed by atoms with Crippen LogP contribution in [0.25, 0.3) is 22.2 Å². The number of fused-ring (bicyclic) bond motifs is 1. The van der Waals surface area contributed by atoms with Crippen molar-refractivity contribution in [3.8, 4) is 11.3 Å². The summed E-state index contributed by atoms with van der Waals surface area (Å²) in [6.45, 7) is 2.13. The Morgan fingerprint density at radius 3 is 1.63 bits per heavy atom. The zero-order valence-corrected chi connectivity index (χ0v) is 19.5. The van der Waals surface area contributed by atoms with Gasteiger partial charge < -0.3 is 0 Å². The fraction of sp³-hybridized carbons (Fsp3) is 0.0625. The number of hydrogen-bond donors (Lipinski definition) is 0. The minimum absolute atomic E-state index is 0.664. The average Bonchev–Trinajstić information content (AvgIpc) is 3.30. The third-order valence-electron chi connectivity index (χ3n) is 6.68. The molecule has 0 aliphatic rings. The highest BCUT2D eigenvalue weighted by molar-refractivity contribution is 5.94. The first-order valence-electron chi connectivity index (χ1n) is 11.9. The van der Waals surface area contributed by atoms with Crippen molar-refractivity contribution in [2.45, 2.75) is 12.5 Å². The van der Waals surface area contributed by atoms with Crippen LogP contribution in [0.1, 0.15) is 22.3 Å². The number of pyridine rings is 1. The smallest absolute Gasteiger partial charge is 0.138 e. The van der Waals surface area contributed by atoms with Crippen LogP contribution in [0, 0.1) is 6.92 Å². The van der Waals surface area contributed by atoms with Crippen molar-refractivity contribution in [2.24, 2.45) is 0 Å². The summed E-state index contributed by atoms with van der Waals surface area (Å²) in [6.07, 6.45) is 3.66. The van der Waals surface area contributed by atoms with Crippen LogP contribution < -0.4 is 0 Å². The van der Waals surface area contributed by atoms with E-state index < -0.39 is 5.54 Å². The van der Waals surface area contributed by atoms with Crippen molar-refractivity contribution in [3.05, 3.63) is 156 Å². The fourth-order valence-corrected chi connectivity index (χ4v) is 5.12. The molecule has 0 aliphatic carbocycles. The Bertz CT molecular complexity index is 1480. The van der Waals surface area contributed by atoms with Gasteiger partial charge in [-0.3, -0.25) is 4.98 Å². The van der Waals surface area contributed by atoms with Crippen molar-refractivity contribution in [2.75, 3.05) is 0 Å². The predicted molar refractivity (Wildman–Crippen MR) is 142 cm³/mol. The first-order chi connectivity index (χ1) is 17.3. The fourth-order valence-electron chi connectivity index (χ4n) is 5.12. The lowest BCUT2D eigenvalue weighted by molar-refractivity contribution is 0.477. The highest BCUT2D eigenvalue weighted by Gasteiger charge is 2.40. The number of aryl methyl sites for hydroxylation is 1. The van der Waals surface area contributed by atoms with Crippen LogP contribution in [0.5, 0.6) is 0 Å². The monoisotopic (exact) mass is 451 g/mol. The molecule has 0 aliphatic heterocycles. The van der Waals surface area contributed by atoms with Gasteiger partial charge in [0.05, 0.1) is 5.52 Å². The van der Waals surface area contributed by atoms with Gasteiger partial charge in [0.25, 0.3) is 0 Å². The van der Waals surface area contributed by atoms with E-state index in [4.69, 9.17) is 5.10 Å². The Kier molecular flexibility index (Phi) is 5.23. The molecule has 0 radical (unpaired) electrons. The van der Waals surface area contributed by atoms with E-state index in [9.17, 15) is 0 Å². The highest BCUT2D eigenvalue weighted by Crippen LogP contribution is 2.43. The molecule has 0 bridgehead atoms. The molecule has 2 heterocycles. The molecule has 35 heavy (non-hydrogen) atoms. The Hall–Kier alpha value is -4.50. The molecule has 0 N–H and O–H groups in total. The highest BCUT2D eigenvalue weighted by atomic mass is 15.3. The Morgan fingerprint density at radius 2 is 1.11 bits per heavy atom. The molecule has 0 saturated carbocycles. The molecule has 0 saturated heterocycles. The van der Waals surface area contributed by atoms with Crippen molar-refractivity contribution >= 4 is 10.9 Å². The molecule has 0 atom stereocenters. The van der Waals surface area contributed by atoms with Gasteiger partial charge in [-0.05, 0) is 47.9 Å². The molecule has 168 valence electrons. The molecule has 6 rings (SSSR count). The van der Waals surface area contributed by atoms with Crippen molar-refractivity contribution in [1.82, 2.24) is 14.8 Å². The lowest BCUT2D eigenvalue weighted by Crippen LogP contribution is -2.38. The van der Waals surface area contributed by atoms with Gasteiger partial charge in [-0.25, -0.2) is 4.68 Å². The van der Waals surface area contributed by atoms with E-state index in [1.165, 1.54) is 5.56 Å².